The van der Waals surface area contributed by atoms with Crippen LogP contribution in [0.15, 0.2) is 30.5 Å². The van der Waals surface area contributed by atoms with E-state index in [1.165, 1.54) is 6.07 Å². The topological polar surface area (TPSA) is 81.7 Å². The van der Waals surface area contributed by atoms with Crippen LogP contribution in [0.5, 0.6) is 0 Å². The van der Waals surface area contributed by atoms with E-state index in [1.807, 2.05) is 0 Å². The van der Waals surface area contributed by atoms with Gasteiger partial charge in [0.25, 0.3) is 0 Å². The maximum absolute atomic E-state index is 10.4. The van der Waals surface area contributed by atoms with Crippen LogP contribution < -0.4 is 5.11 Å². The molecule has 0 saturated heterocycles. The van der Waals surface area contributed by atoms with Crippen LogP contribution in [0.3, 0.4) is 0 Å². The molecule has 0 amide bonds. The Bertz CT molecular complexity index is 450. The smallest absolute Gasteiger partial charge is 0.111 e. The summed E-state index contributed by atoms with van der Waals surface area (Å²) in [4.78, 5) is 14.5. The second-order valence-corrected chi connectivity index (χ2v) is 2.67. The summed E-state index contributed by atoms with van der Waals surface area (Å²) in [7, 11) is 0. The van der Waals surface area contributed by atoms with E-state index in [2.05, 4.69) is 15.2 Å². The average Bonchev–Trinajstić information content (AvgIpc) is 2.68. The van der Waals surface area contributed by atoms with Gasteiger partial charge in [0.2, 0.25) is 0 Å². The van der Waals surface area contributed by atoms with Crippen molar-refractivity contribution in [2.24, 2.45) is 0 Å². The molecule has 0 radical (unpaired) electrons. The minimum atomic E-state index is -1.28. The highest BCUT2D eigenvalue weighted by Crippen LogP contribution is 2.13. The number of nitrogens with zero attached hydrogens (tertiary/aromatic N) is 2. The van der Waals surface area contributed by atoms with Gasteiger partial charge in [0.1, 0.15) is 5.69 Å². The van der Waals surface area contributed by atoms with E-state index in [0.717, 1.165) is 0 Å². The van der Waals surface area contributed by atoms with Crippen molar-refractivity contribution < 1.29 is 9.90 Å². The highest BCUT2D eigenvalue weighted by Gasteiger charge is 2.04. The van der Waals surface area contributed by atoms with E-state index in [9.17, 15) is 9.90 Å². The molecule has 14 heavy (non-hydrogen) atoms. The fourth-order valence-corrected chi connectivity index (χ4v) is 1.07. The van der Waals surface area contributed by atoms with Crippen LogP contribution in [0.4, 0.5) is 0 Å². The summed E-state index contributed by atoms with van der Waals surface area (Å²) in [6.07, 6.45) is 1.61. The minimum absolute atomic E-state index is 0.0503. The molecular formula is C9H6N3O2-. The summed E-state index contributed by atoms with van der Waals surface area (Å²) >= 11 is 0. The number of carboxylic acids is 1. The van der Waals surface area contributed by atoms with Gasteiger partial charge in [-0.15, -0.1) is 0 Å². The highest BCUT2D eigenvalue weighted by molar-refractivity contribution is 5.84. The first-order valence-electron chi connectivity index (χ1n) is 3.95. The van der Waals surface area contributed by atoms with Gasteiger partial charge in [-0.1, -0.05) is 6.07 Å². The number of carbonyl (C=O) groups excluding carboxylic acids is 1. The number of pyridine rings is 1. The lowest BCUT2D eigenvalue weighted by Gasteiger charge is -1.93. The number of rotatable bonds is 2. The second-order valence-electron chi connectivity index (χ2n) is 2.67. The maximum atomic E-state index is 10.4. The SMILES string of the molecule is O=C([O-])c1cc(-c2ccccn2)n[nH]1. The molecule has 2 heterocycles. The summed E-state index contributed by atoms with van der Waals surface area (Å²) in [5.41, 5.74) is 1.06. The van der Waals surface area contributed by atoms with Crippen molar-refractivity contribution in [1.29, 1.82) is 0 Å². The molecule has 70 valence electrons. The van der Waals surface area contributed by atoms with Gasteiger partial charge in [-0.2, -0.15) is 5.10 Å². The average molecular weight is 188 g/mol. The Morgan fingerprint density at radius 1 is 1.36 bits per heavy atom. The molecule has 0 aliphatic carbocycles. The molecule has 0 spiro atoms. The Morgan fingerprint density at radius 2 is 2.21 bits per heavy atom. The molecular weight excluding hydrogens is 182 g/mol. The zero-order valence-corrected chi connectivity index (χ0v) is 7.10. The lowest BCUT2D eigenvalue weighted by molar-refractivity contribution is -0.255. The van der Waals surface area contributed by atoms with E-state index in [1.54, 1.807) is 24.4 Å². The first kappa shape index (κ1) is 8.43. The lowest BCUT2D eigenvalue weighted by Crippen LogP contribution is -2.22. The van der Waals surface area contributed by atoms with Gasteiger partial charge >= 0.3 is 0 Å². The number of carboxylic acid groups (broad SMARTS) is 1. The number of aromatic carboxylic acids is 1. The van der Waals surface area contributed by atoms with Crippen LogP contribution in [0.25, 0.3) is 11.4 Å². The predicted molar refractivity (Wildman–Crippen MR) is 46.1 cm³/mol. The third-order valence-electron chi connectivity index (χ3n) is 1.73. The summed E-state index contributed by atoms with van der Waals surface area (Å²) in [5.74, 6) is -1.28. The van der Waals surface area contributed by atoms with Crippen molar-refractivity contribution in [2.75, 3.05) is 0 Å². The summed E-state index contributed by atoms with van der Waals surface area (Å²) < 4.78 is 0. The van der Waals surface area contributed by atoms with E-state index in [4.69, 9.17) is 0 Å². The molecule has 0 unspecified atom stereocenters. The maximum Gasteiger partial charge on any atom is 0.111 e. The van der Waals surface area contributed by atoms with Crippen molar-refractivity contribution in [3.8, 4) is 11.4 Å². The number of aromatic nitrogens is 3. The van der Waals surface area contributed by atoms with Crippen molar-refractivity contribution in [3.63, 3.8) is 0 Å². The quantitative estimate of drug-likeness (QED) is 0.709. The van der Waals surface area contributed by atoms with Gasteiger partial charge < -0.3 is 9.90 Å². The van der Waals surface area contributed by atoms with Crippen molar-refractivity contribution in [1.82, 2.24) is 15.2 Å². The Kier molecular flexibility index (Phi) is 1.98. The number of hydrogen-bond acceptors (Lipinski definition) is 4. The van der Waals surface area contributed by atoms with Gasteiger partial charge in [0.15, 0.2) is 0 Å². The molecule has 0 aliphatic heterocycles. The van der Waals surface area contributed by atoms with Crippen LogP contribution in [0.1, 0.15) is 10.5 Å². The number of nitrogens with one attached hydrogen (secondary N) is 1. The molecule has 2 aromatic rings. The van der Waals surface area contributed by atoms with Crippen molar-refractivity contribution in [3.05, 3.63) is 36.2 Å². The Balaban J connectivity index is 2.39. The molecule has 2 rings (SSSR count). The Hall–Kier alpha value is -2.17. The highest BCUT2D eigenvalue weighted by atomic mass is 16.4. The fourth-order valence-electron chi connectivity index (χ4n) is 1.07. The molecule has 0 aliphatic rings. The van der Waals surface area contributed by atoms with E-state index < -0.39 is 5.97 Å². The van der Waals surface area contributed by atoms with Crippen LogP contribution in [0, 0.1) is 0 Å². The van der Waals surface area contributed by atoms with Gasteiger partial charge in [-0.3, -0.25) is 10.1 Å². The third kappa shape index (κ3) is 1.47. The summed E-state index contributed by atoms with van der Waals surface area (Å²) in [6, 6.07) is 6.71. The lowest BCUT2D eigenvalue weighted by atomic mass is 10.2. The minimum Gasteiger partial charge on any atom is -0.543 e. The zero-order valence-electron chi connectivity index (χ0n) is 7.10. The molecule has 5 heteroatoms. The van der Waals surface area contributed by atoms with Gasteiger partial charge in [-0.05, 0) is 18.2 Å². The number of H-pyrrole nitrogens is 1. The van der Waals surface area contributed by atoms with Gasteiger partial charge in [-0.25, -0.2) is 0 Å². The van der Waals surface area contributed by atoms with Crippen LogP contribution in [-0.2, 0) is 0 Å². The van der Waals surface area contributed by atoms with Crippen molar-refractivity contribution in [2.45, 2.75) is 0 Å². The predicted octanol–water partition coefficient (Wildman–Crippen LogP) is -0.165. The molecule has 0 fully saturated rings. The monoisotopic (exact) mass is 188 g/mol. The standard InChI is InChI=1S/C9H7N3O2/c13-9(14)8-5-7(11-12-8)6-3-1-2-4-10-6/h1-5H,(H,11,12)(H,13,14)/p-1. The fraction of sp³-hybridized carbons (Fsp3) is 0. The molecule has 5 nitrogen and oxygen atoms in total. The normalized spacial score (nSPS) is 10.0. The van der Waals surface area contributed by atoms with Crippen LogP contribution in [0.2, 0.25) is 0 Å². The van der Waals surface area contributed by atoms with Crippen molar-refractivity contribution >= 4 is 5.97 Å². The van der Waals surface area contributed by atoms with E-state index >= 15 is 0 Å². The summed E-state index contributed by atoms with van der Waals surface area (Å²) in [6.45, 7) is 0. The van der Waals surface area contributed by atoms with Crippen LogP contribution >= 0.6 is 0 Å². The molecule has 1 N–H and O–H groups in total. The number of carbonyl (C=O) groups is 1. The zero-order chi connectivity index (χ0) is 9.97. The molecule has 0 bridgehead atoms. The first-order valence-corrected chi connectivity index (χ1v) is 3.95. The number of hydrogen-bond donors (Lipinski definition) is 1. The second kappa shape index (κ2) is 3.29. The molecule has 2 aromatic heterocycles. The molecule has 0 atom stereocenters. The Labute approximate surface area is 79.4 Å². The van der Waals surface area contributed by atoms with Crippen LogP contribution in [-0.4, -0.2) is 21.2 Å². The van der Waals surface area contributed by atoms with Gasteiger partial charge in [0, 0.05) is 6.20 Å². The summed E-state index contributed by atoms with van der Waals surface area (Å²) in [5, 5.41) is 16.6. The molecule has 0 saturated carbocycles. The van der Waals surface area contributed by atoms with Gasteiger partial charge in [0.05, 0.1) is 17.4 Å². The largest absolute Gasteiger partial charge is 0.543 e. The Morgan fingerprint density at radius 3 is 2.79 bits per heavy atom. The molecule has 0 aromatic carbocycles. The third-order valence-corrected chi connectivity index (χ3v) is 1.73. The number of aromatic amines is 1. The van der Waals surface area contributed by atoms with E-state index in [-0.39, 0.29) is 5.69 Å². The van der Waals surface area contributed by atoms with E-state index in [0.29, 0.717) is 11.4 Å². The first-order chi connectivity index (χ1) is 6.77.